The number of rotatable bonds is 6. The zero-order valence-electron chi connectivity index (χ0n) is 12.4. The third kappa shape index (κ3) is 3.49. The summed E-state index contributed by atoms with van der Waals surface area (Å²) in [5, 5.41) is 3.33. The van der Waals surface area contributed by atoms with Crippen molar-refractivity contribution in [3.63, 3.8) is 0 Å². The molecule has 1 aliphatic heterocycles. The van der Waals surface area contributed by atoms with Gasteiger partial charge in [0.25, 0.3) is 0 Å². The maximum absolute atomic E-state index is 5.98. The van der Waals surface area contributed by atoms with E-state index in [0.29, 0.717) is 17.9 Å². The van der Waals surface area contributed by atoms with Crippen LogP contribution in [0, 0.1) is 0 Å². The lowest BCUT2D eigenvalue weighted by Gasteiger charge is -2.26. The van der Waals surface area contributed by atoms with E-state index in [0.717, 1.165) is 39.1 Å². The standard InChI is InChI=1S/C13H23ClN6/c1-4-15-12-16-11(14)17-13(18-12)20-8-7-10(9-20)19(5-2)6-3/h10H,4-9H2,1-3H3,(H,15,16,17,18). The molecular weight excluding hydrogens is 276 g/mol. The first kappa shape index (κ1) is 15.3. The minimum absolute atomic E-state index is 0.247. The predicted octanol–water partition coefficient (Wildman–Crippen LogP) is 1.88. The Labute approximate surface area is 125 Å². The molecule has 6 nitrogen and oxygen atoms in total. The molecule has 1 aromatic rings. The molecule has 0 aliphatic carbocycles. The number of likely N-dealkylation sites (N-methyl/N-ethyl adjacent to an activating group) is 1. The molecule has 1 aromatic heterocycles. The van der Waals surface area contributed by atoms with Crippen LogP contribution >= 0.6 is 11.6 Å². The number of hydrogen-bond donors (Lipinski definition) is 1. The number of hydrogen-bond acceptors (Lipinski definition) is 6. The summed E-state index contributed by atoms with van der Waals surface area (Å²) in [6.07, 6.45) is 1.14. The molecule has 0 amide bonds. The molecule has 1 unspecified atom stereocenters. The van der Waals surface area contributed by atoms with Crippen molar-refractivity contribution in [1.82, 2.24) is 19.9 Å². The second-order valence-electron chi connectivity index (χ2n) is 4.87. The fourth-order valence-electron chi connectivity index (χ4n) is 2.68. The van der Waals surface area contributed by atoms with Crippen molar-refractivity contribution >= 4 is 23.5 Å². The van der Waals surface area contributed by atoms with E-state index in [9.17, 15) is 0 Å². The molecule has 2 heterocycles. The second kappa shape index (κ2) is 7.04. The minimum Gasteiger partial charge on any atom is -0.354 e. The summed E-state index contributed by atoms with van der Waals surface area (Å²) in [4.78, 5) is 17.4. The summed E-state index contributed by atoms with van der Waals surface area (Å²) >= 11 is 5.98. The van der Waals surface area contributed by atoms with Crippen molar-refractivity contribution in [2.24, 2.45) is 0 Å². The zero-order valence-corrected chi connectivity index (χ0v) is 13.2. The number of aromatic nitrogens is 3. The van der Waals surface area contributed by atoms with Crippen LogP contribution in [-0.4, -0.2) is 58.6 Å². The monoisotopic (exact) mass is 298 g/mol. The Morgan fingerprint density at radius 1 is 1.25 bits per heavy atom. The molecule has 0 saturated carbocycles. The molecule has 1 saturated heterocycles. The molecule has 1 fully saturated rings. The normalized spacial score (nSPS) is 18.9. The van der Waals surface area contributed by atoms with Gasteiger partial charge in [0.2, 0.25) is 17.2 Å². The smallest absolute Gasteiger partial charge is 0.231 e. The first-order valence-electron chi connectivity index (χ1n) is 7.32. The van der Waals surface area contributed by atoms with Gasteiger partial charge in [-0.2, -0.15) is 15.0 Å². The summed E-state index contributed by atoms with van der Waals surface area (Å²) in [6, 6.07) is 0.572. The molecule has 2 rings (SSSR count). The van der Waals surface area contributed by atoms with Gasteiger partial charge in [-0.05, 0) is 38.0 Å². The second-order valence-corrected chi connectivity index (χ2v) is 5.21. The first-order valence-corrected chi connectivity index (χ1v) is 7.70. The predicted molar refractivity (Wildman–Crippen MR) is 82.5 cm³/mol. The minimum atomic E-state index is 0.247. The van der Waals surface area contributed by atoms with E-state index in [1.807, 2.05) is 6.92 Å². The van der Waals surface area contributed by atoms with Gasteiger partial charge in [-0.3, -0.25) is 4.90 Å². The maximum Gasteiger partial charge on any atom is 0.231 e. The Morgan fingerprint density at radius 3 is 2.65 bits per heavy atom. The van der Waals surface area contributed by atoms with Crippen molar-refractivity contribution in [3.8, 4) is 0 Å². The largest absolute Gasteiger partial charge is 0.354 e. The van der Waals surface area contributed by atoms with Gasteiger partial charge in [-0.1, -0.05) is 13.8 Å². The van der Waals surface area contributed by atoms with Crippen LogP contribution in [-0.2, 0) is 0 Å². The lowest BCUT2D eigenvalue weighted by molar-refractivity contribution is 0.232. The third-order valence-electron chi connectivity index (χ3n) is 3.71. The Balaban J connectivity index is 2.09. The molecule has 20 heavy (non-hydrogen) atoms. The van der Waals surface area contributed by atoms with E-state index in [-0.39, 0.29) is 5.28 Å². The molecule has 112 valence electrons. The molecule has 1 N–H and O–H groups in total. The lowest BCUT2D eigenvalue weighted by atomic mass is 10.2. The van der Waals surface area contributed by atoms with Crippen molar-refractivity contribution in [3.05, 3.63) is 5.28 Å². The van der Waals surface area contributed by atoms with Gasteiger partial charge in [0.1, 0.15) is 0 Å². The first-order chi connectivity index (χ1) is 9.67. The number of anilines is 2. The number of nitrogens with one attached hydrogen (secondary N) is 1. The van der Waals surface area contributed by atoms with Crippen LogP contribution in [0.2, 0.25) is 5.28 Å². The number of nitrogens with zero attached hydrogens (tertiary/aromatic N) is 5. The van der Waals surface area contributed by atoms with Gasteiger partial charge in [-0.25, -0.2) is 0 Å². The average molecular weight is 299 g/mol. The summed E-state index contributed by atoms with van der Waals surface area (Å²) in [5.74, 6) is 1.23. The summed E-state index contributed by atoms with van der Waals surface area (Å²) in [6.45, 7) is 11.3. The molecule has 0 bridgehead atoms. The highest BCUT2D eigenvalue weighted by atomic mass is 35.5. The highest BCUT2D eigenvalue weighted by molar-refractivity contribution is 6.28. The van der Waals surface area contributed by atoms with Crippen molar-refractivity contribution < 1.29 is 0 Å². The average Bonchev–Trinajstić information content (AvgIpc) is 2.90. The van der Waals surface area contributed by atoms with E-state index in [4.69, 9.17) is 11.6 Å². The Bertz CT molecular complexity index is 437. The SMILES string of the molecule is CCNc1nc(Cl)nc(N2CCC(N(CC)CC)C2)n1. The summed E-state index contributed by atoms with van der Waals surface area (Å²) in [7, 11) is 0. The molecule has 0 spiro atoms. The van der Waals surface area contributed by atoms with E-state index >= 15 is 0 Å². The van der Waals surface area contributed by atoms with E-state index in [2.05, 4.69) is 43.9 Å². The van der Waals surface area contributed by atoms with Crippen molar-refractivity contribution in [2.75, 3.05) is 42.9 Å². The molecule has 0 aromatic carbocycles. The van der Waals surface area contributed by atoms with Gasteiger partial charge in [-0.15, -0.1) is 0 Å². The third-order valence-corrected chi connectivity index (χ3v) is 3.88. The van der Waals surface area contributed by atoms with Crippen LogP contribution < -0.4 is 10.2 Å². The van der Waals surface area contributed by atoms with Gasteiger partial charge >= 0.3 is 0 Å². The van der Waals surface area contributed by atoms with Gasteiger partial charge in [0.05, 0.1) is 0 Å². The quantitative estimate of drug-likeness (QED) is 0.865. The Morgan fingerprint density at radius 2 is 2.00 bits per heavy atom. The highest BCUT2D eigenvalue weighted by Crippen LogP contribution is 2.21. The van der Waals surface area contributed by atoms with E-state index in [1.54, 1.807) is 0 Å². The lowest BCUT2D eigenvalue weighted by Crippen LogP contribution is -2.37. The van der Waals surface area contributed by atoms with Crippen LogP contribution in [0.25, 0.3) is 0 Å². The van der Waals surface area contributed by atoms with Crippen molar-refractivity contribution in [1.29, 1.82) is 0 Å². The molecule has 1 aliphatic rings. The van der Waals surface area contributed by atoms with E-state index in [1.165, 1.54) is 0 Å². The maximum atomic E-state index is 5.98. The fourth-order valence-corrected chi connectivity index (χ4v) is 2.84. The highest BCUT2D eigenvalue weighted by Gasteiger charge is 2.28. The van der Waals surface area contributed by atoms with Gasteiger partial charge in [0.15, 0.2) is 0 Å². The van der Waals surface area contributed by atoms with Crippen LogP contribution in [0.3, 0.4) is 0 Å². The molecule has 7 heteroatoms. The van der Waals surface area contributed by atoms with Crippen LogP contribution in [0.4, 0.5) is 11.9 Å². The summed E-state index contributed by atoms with van der Waals surface area (Å²) in [5.41, 5.74) is 0. The van der Waals surface area contributed by atoms with Gasteiger partial charge in [0, 0.05) is 25.7 Å². The zero-order chi connectivity index (χ0) is 14.5. The molecular formula is C13H23ClN6. The topological polar surface area (TPSA) is 57.2 Å². The van der Waals surface area contributed by atoms with E-state index < -0.39 is 0 Å². The summed E-state index contributed by atoms with van der Waals surface area (Å²) < 4.78 is 0. The Kier molecular flexibility index (Phi) is 5.37. The van der Waals surface area contributed by atoms with Gasteiger partial charge < -0.3 is 10.2 Å². The molecule has 0 radical (unpaired) electrons. The van der Waals surface area contributed by atoms with Crippen LogP contribution in [0.15, 0.2) is 0 Å². The van der Waals surface area contributed by atoms with Crippen LogP contribution in [0.1, 0.15) is 27.2 Å². The fraction of sp³-hybridized carbons (Fsp3) is 0.769. The van der Waals surface area contributed by atoms with Crippen molar-refractivity contribution in [2.45, 2.75) is 33.2 Å². The number of halogens is 1. The molecule has 1 atom stereocenters. The van der Waals surface area contributed by atoms with Crippen LogP contribution in [0.5, 0.6) is 0 Å². The Hall–Kier alpha value is -1.14.